The van der Waals surface area contributed by atoms with Crippen molar-refractivity contribution in [3.8, 4) is 6.07 Å². The van der Waals surface area contributed by atoms with Crippen LogP contribution < -0.4 is 5.32 Å². The predicted molar refractivity (Wildman–Crippen MR) is 80.0 cm³/mol. The highest BCUT2D eigenvalue weighted by Crippen LogP contribution is 2.29. The Bertz CT molecular complexity index is 783. The molecule has 1 atom stereocenters. The number of rotatable bonds is 3. The Kier molecular flexibility index (Phi) is 3.65. The molecule has 0 amide bonds. The van der Waals surface area contributed by atoms with Gasteiger partial charge in [0.1, 0.15) is 0 Å². The van der Waals surface area contributed by atoms with Gasteiger partial charge in [0.25, 0.3) is 0 Å². The van der Waals surface area contributed by atoms with Gasteiger partial charge in [-0.05, 0) is 36.1 Å². The molecule has 7 heteroatoms. The minimum absolute atomic E-state index is 0.0406. The van der Waals surface area contributed by atoms with Gasteiger partial charge in [-0.25, -0.2) is 14.8 Å². The van der Waals surface area contributed by atoms with Crippen molar-refractivity contribution in [2.75, 3.05) is 5.32 Å². The first-order valence-corrected chi connectivity index (χ1v) is 6.98. The van der Waals surface area contributed by atoms with E-state index in [9.17, 15) is 10.1 Å². The molecule has 0 spiro atoms. The average molecular weight is 315 g/mol. The molecule has 1 aliphatic rings. The Hall–Kier alpha value is -2.65. The second-order valence-corrected chi connectivity index (χ2v) is 5.49. The lowest BCUT2D eigenvalue weighted by Crippen LogP contribution is -2.21. The van der Waals surface area contributed by atoms with Gasteiger partial charge in [0.15, 0.2) is 0 Å². The van der Waals surface area contributed by atoms with Gasteiger partial charge in [-0.2, -0.15) is 5.26 Å². The van der Waals surface area contributed by atoms with Gasteiger partial charge in [0, 0.05) is 23.5 Å². The molecule has 3 rings (SSSR count). The molecule has 2 N–H and O–H groups in total. The lowest BCUT2D eigenvalue weighted by Gasteiger charge is -2.11. The normalized spacial score (nSPS) is 15.9. The number of carboxylic acid groups (broad SMARTS) is 1. The number of nitrogens with one attached hydrogen (secondary N) is 1. The summed E-state index contributed by atoms with van der Waals surface area (Å²) >= 11 is 6.01. The molecule has 0 fully saturated rings. The van der Waals surface area contributed by atoms with Gasteiger partial charge in [0.2, 0.25) is 5.95 Å². The standard InChI is InChI=1S/C15H11ClN4O2/c16-11-1-8-3-12(4-13(8)9(2-11)5-17)20-15-18-6-10(7-19-15)14(21)22/h1-2,6-7,12H,3-4H2,(H,21,22)(H,18,19,20)/t12-/m0/s1. The molecular weight excluding hydrogens is 304 g/mol. The minimum Gasteiger partial charge on any atom is -0.478 e. The van der Waals surface area contributed by atoms with Crippen LogP contribution in [0.25, 0.3) is 0 Å². The van der Waals surface area contributed by atoms with E-state index in [2.05, 4.69) is 21.4 Å². The molecule has 1 heterocycles. The number of carboxylic acids is 1. The maximum Gasteiger partial charge on any atom is 0.338 e. The van der Waals surface area contributed by atoms with Crippen LogP contribution in [0.4, 0.5) is 5.95 Å². The molecule has 0 saturated heterocycles. The number of nitrogens with zero attached hydrogens (tertiary/aromatic N) is 3. The van der Waals surface area contributed by atoms with E-state index in [0.29, 0.717) is 29.4 Å². The van der Waals surface area contributed by atoms with Gasteiger partial charge in [-0.15, -0.1) is 0 Å². The molecule has 22 heavy (non-hydrogen) atoms. The fraction of sp³-hybridized carbons (Fsp3) is 0.200. The zero-order valence-electron chi connectivity index (χ0n) is 11.4. The second-order valence-electron chi connectivity index (χ2n) is 5.05. The van der Waals surface area contributed by atoms with Gasteiger partial charge in [-0.3, -0.25) is 0 Å². The molecule has 2 aromatic rings. The Morgan fingerprint density at radius 1 is 1.36 bits per heavy atom. The number of anilines is 1. The zero-order chi connectivity index (χ0) is 15.7. The Balaban J connectivity index is 1.76. The van der Waals surface area contributed by atoms with Crippen LogP contribution in [0, 0.1) is 11.3 Å². The zero-order valence-corrected chi connectivity index (χ0v) is 12.1. The third kappa shape index (κ3) is 2.71. The summed E-state index contributed by atoms with van der Waals surface area (Å²) in [4.78, 5) is 18.7. The third-order valence-corrected chi connectivity index (χ3v) is 3.79. The molecule has 1 aliphatic carbocycles. The second kappa shape index (κ2) is 5.62. The maximum atomic E-state index is 10.8. The van der Waals surface area contributed by atoms with E-state index < -0.39 is 5.97 Å². The highest BCUT2D eigenvalue weighted by atomic mass is 35.5. The first kappa shape index (κ1) is 14.3. The molecular formula is C15H11ClN4O2. The van der Waals surface area contributed by atoms with Crippen LogP contribution in [-0.4, -0.2) is 27.1 Å². The molecule has 0 radical (unpaired) electrons. The van der Waals surface area contributed by atoms with Crippen LogP contribution in [0.3, 0.4) is 0 Å². The summed E-state index contributed by atoms with van der Waals surface area (Å²) in [5, 5.41) is 21.7. The van der Waals surface area contributed by atoms with Crippen molar-refractivity contribution in [1.82, 2.24) is 9.97 Å². The quantitative estimate of drug-likeness (QED) is 0.901. The average Bonchev–Trinajstić information content (AvgIpc) is 2.89. The van der Waals surface area contributed by atoms with Gasteiger partial charge in [0.05, 0.1) is 17.2 Å². The number of nitriles is 1. The number of hydrogen-bond donors (Lipinski definition) is 2. The Morgan fingerprint density at radius 3 is 2.73 bits per heavy atom. The molecule has 6 nitrogen and oxygen atoms in total. The lowest BCUT2D eigenvalue weighted by molar-refractivity contribution is 0.0696. The summed E-state index contributed by atoms with van der Waals surface area (Å²) in [5.41, 5.74) is 2.67. The maximum absolute atomic E-state index is 10.8. The highest BCUT2D eigenvalue weighted by molar-refractivity contribution is 6.30. The van der Waals surface area contributed by atoms with Crippen molar-refractivity contribution in [2.45, 2.75) is 18.9 Å². The van der Waals surface area contributed by atoms with Gasteiger partial charge in [-0.1, -0.05) is 11.6 Å². The van der Waals surface area contributed by atoms with E-state index in [0.717, 1.165) is 11.1 Å². The number of aromatic nitrogens is 2. The van der Waals surface area contributed by atoms with Crippen molar-refractivity contribution >= 4 is 23.5 Å². The molecule has 0 aliphatic heterocycles. The minimum atomic E-state index is -1.06. The van der Waals surface area contributed by atoms with Crippen LogP contribution in [0.1, 0.15) is 27.0 Å². The monoisotopic (exact) mass is 314 g/mol. The van der Waals surface area contributed by atoms with Crippen molar-refractivity contribution in [3.05, 3.63) is 51.8 Å². The number of hydrogen-bond acceptors (Lipinski definition) is 5. The summed E-state index contributed by atoms with van der Waals surface area (Å²) < 4.78 is 0. The predicted octanol–water partition coefficient (Wildman–Crippen LogP) is 2.28. The number of halogens is 1. The molecule has 0 unspecified atom stereocenters. The van der Waals surface area contributed by atoms with Gasteiger partial charge >= 0.3 is 5.97 Å². The lowest BCUT2D eigenvalue weighted by atomic mass is 10.0. The Labute approximate surface area is 131 Å². The summed E-state index contributed by atoms with van der Waals surface area (Å²) in [6.45, 7) is 0. The molecule has 1 aromatic heterocycles. The van der Waals surface area contributed by atoms with E-state index in [4.69, 9.17) is 16.7 Å². The van der Waals surface area contributed by atoms with Crippen LogP contribution in [0.15, 0.2) is 24.5 Å². The van der Waals surface area contributed by atoms with E-state index in [1.165, 1.54) is 12.4 Å². The molecule has 1 aromatic carbocycles. The SMILES string of the molecule is N#Cc1cc(Cl)cc2c1C[C@@H](Nc1ncc(C(=O)O)cn1)C2. The molecule has 0 saturated carbocycles. The van der Waals surface area contributed by atoms with Crippen molar-refractivity contribution < 1.29 is 9.90 Å². The van der Waals surface area contributed by atoms with Crippen molar-refractivity contribution in [3.63, 3.8) is 0 Å². The first-order chi connectivity index (χ1) is 10.6. The van der Waals surface area contributed by atoms with Crippen LogP contribution >= 0.6 is 11.6 Å². The summed E-state index contributed by atoms with van der Waals surface area (Å²) in [5.74, 6) is -0.694. The fourth-order valence-corrected chi connectivity index (χ4v) is 2.84. The number of fused-ring (bicyclic) bond motifs is 1. The van der Waals surface area contributed by atoms with Crippen molar-refractivity contribution in [1.29, 1.82) is 5.26 Å². The summed E-state index contributed by atoms with van der Waals surface area (Å²) in [6.07, 6.45) is 3.92. The van der Waals surface area contributed by atoms with Crippen molar-refractivity contribution in [2.24, 2.45) is 0 Å². The number of benzene rings is 1. The molecule has 110 valence electrons. The van der Waals surface area contributed by atoms with E-state index in [1.54, 1.807) is 6.07 Å². The first-order valence-electron chi connectivity index (χ1n) is 6.60. The highest BCUT2D eigenvalue weighted by Gasteiger charge is 2.25. The summed E-state index contributed by atoms with van der Waals surface area (Å²) in [6, 6.07) is 5.75. The Morgan fingerprint density at radius 2 is 2.09 bits per heavy atom. The van der Waals surface area contributed by atoms with E-state index >= 15 is 0 Å². The third-order valence-electron chi connectivity index (χ3n) is 3.58. The molecule has 0 bridgehead atoms. The van der Waals surface area contributed by atoms with Crippen LogP contribution in [0.2, 0.25) is 5.02 Å². The number of aromatic carboxylic acids is 1. The van der Waals surface area contributed by atoms with E-state index in [-0.39, 0.29) is 11.6 Å². The van der Waals surface area contributed by atoms with Gasteiger partial charge < -0.3 is 10.4 Å². The van der Waals surface area contributed by atoms with Crippen LogP contribution in [0.5, 0.6) is 0 Å². The smallest absolute Gasteiger partial charge is 0.338 e. The van der Waals surface area contributed by atoms with E-state index in [1.807, 2.05) is 6.07 Å². The summed E-state index contributed by atoms with van der Waals surface area (Å²) in [7, 11) is 0. The van der Waals surface area contributed by atoms with Crippen LogP contribution in [-0.2, 0) is 12.8 Å². The fourth-order valence-electron chi connectivity index (χ4n) is 2.60. The largest absolute Gasteiger partial charge is 0.478 e. The topological polar surface area (TPSA) is 98.9 Å². The number of carbonyl (C=O) groups is 1.